The molecule has 2 N–H and O–H groups in total. The first-order valence-electron chi connectivity index (χ1n) is 12.1. The Bertz CT molecular complexity index is 1730. The quantitative estimate of drug-likeness (QED) is 0.297. The van der Waals surface area contributed by atoms with Gasteiger partial charge in [-0.15, -0.1) is 0 Å². The Morgan fingerprint density at radius 1 is 0.946 bits per heavy atom. The largest absolute Gasteiger partial charge is 0.383 e. The molecule has 0 unspecified atom stereocenters. The predicted molar refractivity (Wildman–Crippen MR) is 149 cm³/mol. The zero-order valence-electron chi connectivity index (χ0n) is 20.7. The average Bonchev–Trinajstić information content (AvgIpc) is 3.25. The smallest absolute Gasteiger partial charge is 0.135 e. The number of para-hydroxylation sites is 1. The summed E-state index contributed by atoms with van der Waals surface area (Å²) in [6, 6.07) is 22.9. The average molecular weight is 488 g/mol. The number of nitrogen functional groups attached to an aromatic ring is 1. The number of rotatable bonds is 4. The van der Waals surface area contributed by atoms with E-state index in [1.165, 1.54) is 17.7 Å². The van der Waals surface area contributed by atoms with Crippen LogP contribution in [0.5, 0.6) is 0 Å². The Morgan fingerprint density at radius 3 is 2.54 bits per heavy atom. The molecule has 1 aliphatic heterocycles. The highest BCUT2D eigenvalue weighted by Crippen LogP contribution is 2.40. The van der Waals surface area contributed by atoms with Crippen molar-refractivity contribution < 1.29 is 4.39 Å². The van der Waals surface area contributed by atoms with Crippen molar-refractivity contribution in [2.75, 3.05) is 10.6 Å². The van der Waals surface area contributed by atoms with Crippen molar-refractivity contribution in [3.63, 3.8) is 0 Å². The van der Waals surface area contributed by atoms with Crippen molar-refractivity contribution in [3.05, 3.63) is 119 Å². The van der Waals surface area contributed by atoms with Crippen LogP contribution in [-0.4, -0.2) is 14.8 Å². The molecule has 3 aromatic carbocycles. The number of halogens is 1. The molecule has 182 valence electrons. The van der Waals surface area contributed by atoms with Gasteiger partial charge in [0.2, 0.25) is 0 Å². The molecule has 0 saturated heterocycles. The third-order valence-electron chi connectivity index (χ3n) is 6.93. The first kappa shape index (κ1) is 22.7. The molecule has 5 aromatic rings. The summed E-state index contributed by atoms with van der Waals surface area (Å²) in [6.07, 6.45) is 3.88. The number of allylic oxidation sites excluding steroid dienone is 1. The second-order valence-electron chi connectivity index (χ2n) is 9.35. The van der Waals surface area contributed by atoms with Gasteiger partial charge >= 0.3 is 0 Å². The van der Waals surface area contributed by atoms with Gasteiger partial charge in [0, 0.05) is 34.4 Å². The summed E-state index contributed by atoms with van der Waals surface area (Å²) in [5, 5.41) is 5.65. The maximum Gasteiger partial charge on any atom is 0.135 e. The number of hydrogen-bond donors (Lipinski definition) is 1. The Morgan fingerprint density at radius 2 is 1.73 bits per heavy atom. The number of fused-ring (bicyclic) bond motifs is 2. The van der Waals surface area contributed by atoms with Crippen molar-refractivity contribution in [1.82, 2.24) is 14.8 Å². The molecule has 5 nitrogen and oxygen atoms in total. The van der Waals surface area contributed by atoms with Gasteiger partial charge in [0.15, 0.2) is 0 Å². The summed E-state index contributed by atoms with van der Waals surface area (Å²) in [5.74, 6) is 0.0356. The molecule has 0 bridgehead atoms. The molecule has 2 aromatic heterocycles. The lowest BCUT2D eigenvalue weighted by Gasteiger charge is -2.35. The normalized spacial score (nSPS) is 13.1. The zero-order valence-corrected chi connectivity index (χ0v) is 20.7. The maximum absolute atomic E-state index is 14.1. The van der Waals surface area contributed by atoms with E-state index in [0.717, 1.165) is 39.3 Å². The van der Waals surface area contributed by atoms with Crippen LogP contribution in [0.1, 0.15) is 22.3 Å². The van der Waals surface area contributed by atoms with E-state index >= 15 is 0 Å². The van der Waals surface area contributed by atoms with Crippen molar-refractivity contribution in [2.24, 2.45) is 0 Å². The molecule has 37 heavy (non-hydrogen) atoms. The molecular formula is C31H26FN5. The van der Waals surface area contributed by atoms with E-state index in [2.05, 4.69) is 66.7 Å². The number of hydrogen-bond acceptors (Lipinski definition) is 4. The van der Waals surface area contributed by atoms with Crippen LogP contribution >= 0.6 is 0 Å². The molecule has 0 aliphatic carbocycles. The minimum absolute atomic E-state index is 0.327. The zero-order chi connectivity index (χ0) is 25.7. The lowest BCUT2D eigenvalue weighted by Crippen LogP contribution is -2.28. The van der Waals surface area contributed by atoms with Crippen LogP contribution < -0.4 is 10.6 Å². The van der Waals surface area contributed by atoms with Crippen LogP contribution in [0, 0.1) is 19.7 Å². The Kier molecular flexibility index (Phi) is 5.37. The third kappa shape index (κ3) is 3.78. The molecular weight excluding hydrogens is 461 g/mol. The number of anilines is 2. The highest BCUT2D eigenvalue weighted by molar-refractivity contribution is 6.00. The van der Waals surface area contributed by atoms with Crippen molar-refractivity contribution >= 4 is 34.2 Å². The molecule has 6 rings (SSSR count). The summed E-state index contributed by atoms with van der Waals surface area (Å²) >= 11 is 0. The fourth-order valence-corrected chi connectivity index (χ4v) is 5.23. The van der Waals surface area contributed by atoms with Crippen LogP contribution in [-0.2, 0) is 6.54 Å². The standard InChI is InChI=1S/C31H26FN5/c1-19-8-4-5-13-26(19)37-21(3)28-20(2)9-6-10-22(28)17-25(37)18-36-27-14-15-34-31(33)29(27)30(35-36)23-11-7-12-24(32)16-23/h4-17H,3,18H2,1-2H3,(H2,33,34). The van der Waals surface area contributed by atoms with Gasteiger partial charge in [-0.2, -0.15) is 5.10 Å². The number of nitrogens with two attached hydrogens (primary N) is 1. The number of pyridine rings is 1. The van der Waals surface area contributed by atoms with Crippen molar-refractivity contribution in [1.29, 1.82) is 0 Å². The first-order chi connectivity index (χ1) is 17.9. The van der Waals surface area contributed by atoms with Gasteiger partial charge in [0.25, 0.3) is 0 Å². The highest BCUT2D eigenvalue weighted by Gasteiger charge is 2.27. The number of aromatic nitrogens is 3. The lowest BCUT2D eigenvalue weighted by molar-refractivity contribution is 0.628. The summed E-state index contributed by atoms with van der Waals surface area (Å²) in [7, 11) is 0. The van der Waals surface area contributed by atoms with Gasteiger partial charge in [-0.25, -0.2) is 9.37 Å². The van der Waals surface area contributed by atoms with Crippen LogP contribution in [0.3, 0.4) is 0 Å². The van der Waals surface area contributed by atoms with Crippen LogP contribution in [0.2, 0.25) is 0 Å². The number of nitrogens with zero attached hydrogens (tertiary/aromatic N) is 4. The van der Waals surface area contributed by atoms with E-state index in [0.29, 0.717) is 29.0 Å². The molecule has 0 atom stereocenters. The van der Waals surface area contributed by atoms with Gasteiger partial charge in [-0.3, -0.25) is 4.68 Å². The molecule has 1 aliphatic rings. The summed E-state index contributed by atoms with van der Waals surface area (Å²) < 4.78 is 16.0. The van der Waals surface area contributed by atoms with Gasteiger partial charge in [0.1, 0.15) is 17.3 Å². The SMILES string of the molecule is C=C1c2c(C)cccc2C=C(Cn2nc(-c3cccc(F)c3)c3c(N)nccc32)N1c1ccccc1C. The fraction of sp³-hybridized carbons (Fsp3) is 0.0968. The minimum atomic E-state index is -0.327. The third-order valence-corrected chi connectivity index (χ3v) is 6.93. The van der Waals surface area contributed by atoms with E-state index in [1.807, 2.05) is 28.9 Å². The van der Waals surface area contributed by atoms with E-state index in [4.69, 9.17) is 10.8 Å². The maximum atomic E-state index is 14.1. The minimum Gasteiger partial charge on any atom is -0.383 e. The Labute approximate surface area is 215 Å². The van der Waals surface area contributed by atoms with Crippen LogP contribution in [0.15, 0.2) is 91.3 Å². The summed E-state index contributed by atoms with van der Waals surface area (Å²) in [5.41, 5.74) is 16.0. The lowest BCUT2D eigenvalue weighted by atomic mass is 9.93. The molecule has 6 heteroatoms. The van der Waals surface area contributed by atoms with E-state index in [1.54, 1.807) is 12.3 Å². The highest BCUT2D eigenvalue weighted by atomic mass is 19.1. The van der Waals surface area contributed by atoms with Crippen LogP contribution in [0.4, 0.5) is 15.9 Å². The summed E-state index contributed by atoms with van der Waals surface area (Å²) in [6.45, 7) is 9.20. The van der Waals surface area contributed by atoms with Gasteiger partial charge in [-0.05, 0) is 60.9 Å². The topological polar surface area (TPSA) is 60.0 Å². The van der Waals surface area contributed by atoms with Gasteiger partial charge < -0.3 is 10.6 Å². The van der Waals surface area contributed by atoms with Crippen LogP contribution in [0.25, 0.3) is 33.9 Å². The fourth-order valence-electron chi connectivity index (χ4n) is 5.23. The van der Waals surface area contributed by atoms with E-state index in [9.17, 15) is 4.39 Å². The second kappa shape index (κ2) is 8.75. The van der Waals surface area contributed by atoms with E-state index < -0.39 is 0 Å². The molecule has 3 heterocycles. The molecule has 0 spiro atoms. The first-order valence-corrected chi connectivity index (χ1v) is 12.1. The molecule has 0 amide bonds. The molecule has 0 fully saturated rings. The van der Waals surface area contributed by atoms with Crippen molar-refractivity contribution in [3.8, 4) is 11.3 Å². The Balaban J connectivity index is 1.55. The number of benzene rings is 3. The van der Waals surface area contributed by atoms with Crippen molar-refractivity contribution in [2.45, 2.75) is 20.4 Å². The Hall–Kier alpha value is -4.71. The monoisotopic (exact) mass is 487 g/mol. The van der Waals surface area contributed by atoms with Gasteiger partial charge in [0.05, 0.1) is 17.4 Å². The predicted octanol–water partition coefficient (Wildman–Crippen LogP) is 6.97. The number of aryl methyl sites for hydroxylation is 2. The summed E-state index contributed by atoms with van der Waals surface area (Å²) in [4.78, 5) is 6.51. The van der Waals surface area contributed by atoms with E-state index in [-0.39, 0.29) is 5.82 Å². The van der Waals surface area contributed by atoms with Gasteiger partial charge in [-0.1, -0.05) is 55.1 Å². The molecule has 0 radical (unpaired) electrons. The second-order valence-corrected chi connectivity index (χ2v) is 9.35. The molecule has 0 saturated carbocycles.